The molecule has 1 aromatic rings. The second-order valence-corrected chi connectivity index (χ2v) is 8.76. The van der Waals surface area contributed by atoms with Crippen molar-refractivity contribution >= 4 is 15.9 Å². The summed E-state index contributed by atoms with van der Waals surface area (Å²) in [6, 6.07) is 4.34. The molecule has 0 radical (unpaired) electrons. The largest absolute Gasteiger partial charge is 0.383 e. The van der Waals surface area contributed by atoms with E-state index in [4.69, 9.17) is 5.73 Å². The minimum absolute atomic E-state index is 0.0514. The van der Waals surface area contributed by atoms with Gasteiger partial charge in [0.05, 0.1) is 21.6 Å². The highest BCUT2D eigenvalue weighted by Crippen LogP contribution is 2.53. The van der Waals surface area contributed by atoms with Gasteiger partial charge in [-0.2, -0.15) is 5.26 Å². The SMILES string of the molecule is CC(C)(C)N1C(c2ccc(Br)c(F)c2F)C(C#N)=C(N)N1C1(C)CC1. The zero-order chi connectivity index (χ0) is 18.7. The van der Waals surface area contributed by atoms with E-state index in [0.717, 1.165) is 12.8 Å². The molecule has 3 rings (SSSR count). The second kappa shape index (κ2) is 5.68. The van der Waals surface area contributed by atoms with Crippen LogP contribution in [-0.4, -0.2) is 21.1 Å². The Morgan fingerprint density at radius 3 is 2.36 bits per heavy atom. The van der Waals surface area contributed by atoms with Crippen molar-refractivity contribution < 1.29 is 8.78 Å². The fourth-order valence-corrected chi connectivity index (χ4v) is 3.70. The van der Waals surface area contributed by atoms with Crippen molar-refractivity contribution in [1.29, 1.82) is 5.26 Å². The fourth-order valence-electron chi connectivity index (χ4n) is 3.40. The van der Waals surface area contributed by atoms with Crippen LogP contribution >= 0.6 is 15.9 Å². The van der Waals surface area contributed by atoms with Gasteiger partial charge in [0.25, 0.3) is 0 Å². The maximum absolute atomic E-state index is 14.7. The topological polar surface area (TPSA) is 56.3 Å². The van der Waals surface area contributed by atoms with E-state index in [2.05, 4.69) is 28.9 Å². The standard InChI is InChI=1S/C18H21BrF2N4/c1-17(2,3)24-15(10-5-6-12(19)14(21)13(10)20)11(9-22)16(23)25(24)18(4)7-8-18/h5-6,15H,7-8,23H2,1-4H3. The van der Waals surface area contributed by atoms with E-state index in [-0.39, 0.29) is 21.1 Å². The molecule has 1 atom stereocenters. The van der Waals surface area contributed by atoms with Crippen LogP contribution in [0.5, 0.6) is 0 Å². The Morgan fingerprint density at radius 2 is 1.88 bits per heavy atom. The van der Waals surface area contributed by atoms with Gasteiger partial charge in [0, 0.05) is 11.1 Å². The maximum atomic E-state index is 14.7. The van der Waals surface area contributed by atoms with Crippen LogP contribution in [0.15, 0.2) is 28.0 Å². The summed E-state index contributed by atoms with van der Waals surface area (Å²) in [6.45, 7) is 7.98. The molecule has 25 heavy (non-hydrogen) atoms. The molecule has 2 N–H and O–H groups in total. The molecule has 7 heteroatoms. The Labute approximate surface area is 155 Å². The molecule has 1 aliphatic carbocycles. The van der Waals surface area contributed by atoms with Crippen LogP contribution in [0.4, 0.5) is 8.78 Å². The number of nitriles is 1. The van der Waals surface area contributed by atoms with Crippen molar-refractivity contribution in [3.8, 4) is 6.07 Å². The third-order valence-corrected chi connectivity index (χ3v) is 5.50. The van der Waals surface area contributed by atoms with Gasteiger partial charge < -0.3 is 5.73 Å². The molecule has 1 unspecified atom stereocenters. The highest BCUT2D eigenvalue weighted by molar-refractivity contribution is 9.10. The highest BCUT2D eigenvalue weighted by Gasteiger charge is 2.56. The van der Waals surface area contributed by atoms with Crippen molar-refractivity contribution in [2.45, 2.75) is 57.7 Å². The van der Waals surface area contributed by atoms with Crippen LogP contribution in [0, 0.1) is 23.0 Å². The Hall–Kier alpha value is -1.65. The number of rotatable bonds is 2. The summed E-state index contributed by atoms with van der Waals surface area (Å²) in [5.74, 6) is -1.60. The second-order valence-electron chi connectivity index (χ2n) is 7.90. The Kier molecular flexibility index (Phi) is 4.12. The molecule has 0 aromatic heterocycles. The van der Waals surface area contributed by atoms with E-state index in [9.17, 15) is 14.0 Å². The van der Waals surface area contributed by atoms with Crippen LogP contribution in [0.3, 0.4) is 0 Å². The summed E-state index contributed by atoms with van der Waals surface area (Å²) in [5, 5.41) is 13.5. The van der Waals surface area contributed by atoms with Gasteiger partial charge in [0.1, 0.15) is 11.9 Å². The van der Waals surface area contributed by atoms with Crippen LogP contribution in [0.1, 0.15) is 52.1 Å². The number of halogens is 3. The minimum atomic E-state index is -0.961. The highest BCUT2D eigenvalue weighted by atomic mass is 79.9. The molecule has 0 saturated heterocycles. The first-order chi connectivity index (χ1) is 11.5. The molecule has 134 valence electrons. The molecule has 1 aliphatic heterocycles. The van der Waals surface area contributed by atoms with E-state index >= 15 is 0 Å². The van der Waals surface area contributed by atoms with Crippen LogP contribution in [-0.2, 0) is 0 Å². The van der Waals surface area contributed by atoms with Gasteiger partial charge in [-0.05, 0) is 62.5 Å². The van der Waals surface area contributed by atoms with Crippen molar-refractivity contribution in [2.24, 2.45) is 5.73 Å². The minimum Gasteiger partial charge on any atom is -0.383 e. The zero-order valence-corrected chi connectivity index (χ0v) is 16.3. The van der Waals surface area contributed by atoms with Crippen molar-refractivity contribution in [1.82, 2.24) is 10.0 Å². The molecule has 0 spiro atoms. The number of nitrogens with two attached hydrogens (primary N) is 1. The lowest BCUT2D eigenvalue weighted by Crippen LogP contribution is -2.55. The summed E-state index contributed by atoms with van der Waals surface area (Å²) >= 11 is 3.00. The van der Waals surface area contributed by atoms with E-state index in [0.29, 0.717) is 5.82 Å². The van der Waals surface area contributed by atoms with Gasteiger partial charge in [-0.15, -0.1) is 0 Å². The lowest BCUT2D eigenvalue weighted by Gasteiger charge is -2.47. The molecule has 4 nitrogen and oxygen atoms in total. The van der Waals surface area contributed by atoms with E-state index in [1.807, 2.05) is 30.8 Å². The monoisotopic (exact) mass is 410 g/mol. The van der Waals surface area contributed by atoms with Gasteiger partial charge in [0.2, 0.25) is 0 Å². The molecule has 1 fully saturated rings. The molecule has 0 bridgehead atoms. The van der Waals surface area contributed by atoms with Gasteiger partial charge >= 0.3 is 0 Å². The summed E-state index contributed by atoms with van der Waals surface area (Å²) in [7, 11) is 0. The van der Waals surface area contributed by atoms with E-state index in [1.54, 1.807) is 0 Å². The number of hydrogen-bond acceptors (Lipinski definition) is 4. The Bertz CT molecular complexity index is 803. The van der Waals surface area contributed by atoms with Gasteiger partial charge in [-0.3, -0.25) is 5.01 Å². The average molecular weight is 411 g/mol. The molecule has 0 amide bonds. The third kappa shape index (κ3) is 2.72. The molecular weight excluding hydrogens is 390 g/mol. The molecular formula is C18H21BrF2N4. The normalized spacial score (nSPS) is 23.1. The fraction of sp³-hybridized carbons (Fsp3) is 0.500. The number of benzene rings is 1. The molecule has 1 aromatic carbocycles. The first kappa shape index (κ1) is 18.2. The maximum Gasteiger partial charge on any atom is 0.173 e. The van der Waals surface area contributed by atoms with Crippen molar-refractivity contribution in [3.05, 3.63) is 45.2 Å². The van der Waals surface area contributed by atoms with Crippen molar-refractivity contribution in [3.63, 3.8) is 0 Å². The lowest BCUT2D eigenvalue weighted by molar-refractivity contribution is -0.102. The van der Waals surface area contributed by atoms with Crippen molar-refractivity contribution in [2.75, 3.05) is 0 Å². The quantitative estimate of drug-likeness (QED) is 0.736. The Balaban J connectivity index is 2.23. The molecule has 2 aliphatic rings. The third-order valence-electron chi connectivity index (χ3n) is 4.89. The van der Waals surface area contributed by atoms with E-state index in [1.165, 1.54) is 12.1 Å². The van der Waals surface area contributed by atoms with Gasteiger partial charge in [-0.25, -0.2) is 13.8 Å². The number of hydrogen-bond donors (Lipinski definition) is 1. The summed E-state index contributed by atoms with van der Waals surface area (Å²) in [5.41, 5.74) is 6.03. The number of nitrogens with zero attached hydrogens (tertiary/aromatic N) is 3. The first-order valence-corrected chi connectivity index (χ1v) is 8.95. The zero-order valence-electron chi connectivity index (χ0n) is 14.7. The van der Waals surface area contributed by atoms with Gasteiger partial charge in [0.15, 0.2) is 11.6 Å². The number of hydrazine groups is 1. The van der Waals surface area contributed by atoms with Crippen LogP contribution in [0.2, 0.25) is 0 Å². The molecule has 1 saturated carbocycles. The summed E-state index contributed by atoms with van der Waals surface area (Å²) in [4.78, 5) is 0. The average Bonchev–Trinajstić information content (AvgIpc) is 3.17. The first-order valence-electron chi connectivity index (χ1n) is 8.15. The summed E-state index contributed by atoms with van der Waals surface area (Å²) < 4.78 is 28.9. The van der Waals surface area contributed by atoms with E-state index < -0.39 is 23.2 Å². The predicted molar refractivity (Wildman–Crippen MR) is 94.7 cm³/mol. The predicted octanol–water partition coefficient (Wildman–Crippen LogP) is 4.35. The van der Waals surface area contributed by atoms with Crippen LogP contribution in [0.25, 0.3) is 0 Å². The summed E-state index contributed by atoms with van der Waals surface area (Å²) in [6.07, 6.45) is 1.87. The smallest absolute Gasteiger partial charge is 0.173 e. The van der Waals surface area contributed by atoms with Crippen LogP contribution < -0.4 is 5.73 Å². The molecule has 1 heterocycles. The lowest BCUT2D eigenvalue weighted by atomic mass is 9.95. The Morgan fingerprint density at radius 1 is 1.28 bits per heavy atom. The van der Waals surface area contributed by atoms with Gasteiger partial charge in [-0.1, -0.05) is 6.07 Å².